The van der Waals surface area contributed by atoms with Crippen LogP contribution in [0.25, 0.3) is 11.1 Å². The first kappa shape index (κ1) is 17.6. The minimum atomic E-state index is -0.0621. The molecular formula is C22H24BrNO2. The highest BCUT2D eigenvalue weighted by Gasteiger charge is 2.36. The molecule has 0 radical (unpaired) electrons. The number of carbonyl (C=O) groups is 1. The van der Waals surface area contributed by atoms with Crippen LogP contribution < -0.4 is 10.1 Å². The smallest absolute Gasteiger partial charge is 0.221 e. The average molecular weight is 414 g/mol. The van der Waals surface area contributed by atoms with Crippen molar-refractivity contribution in [3.05, 3.63) is 45.9 Å². The number of anilines is 1. The van der Waals surface area contributed by atoms with E-state index in [0.717, 1.165) is 51.5 Å². The minimum Gasteiger partial charge on any atom is -0.493 e. The van der Waals surface area contributed by atoms with Crippen molar-refractivity contribution in [2.75, 3.05) is 11.9 Å². The summed E-state index contributed by atoms with van der Waals surface area (Å²) in [6.45, 7) is 4.38. The molecular weight excluding hydrogens is 390 g/mol. The molecule has 1 aliphatic carbocycles. The molecule has 1 unspecified atom stereocenters. The monoisotopic (exact) mass is 413 g/mol. The lowest BCUT2D eigenvalue weighted by atomic mass is 9.87. The molecule has 1 amide bonds. The molecule has 1 heterocycles. The van der Waals surface area contributed by atoms with Gasteiger partial charge in [-0.3, -0.25) is 4.79 Å². The van der Waals surface area contributed by atoms with Gasteiger partial charge in [0.2, 0.25) is 5.91 Å². The first-order chi connectivity index (χ1) is 12.5. The minimum absolute atomic E-state index is 0.0621. The number of ether oxygens (including phenoxy) is 1. The number of aryl methyl sites for hydroxylation is 1. The Morgan fingerprint density at radius 1 is 1.15 bits per heavy atom. The van der Waals surface area contributed by atoms with Crippen molar-refractivity contribution in [1.82, 2.24) is 0 Å². The number of fused-ring (bicyclic) bond motifs is 1. The van der Waals surface area contributed by atoms with Crippen molar-refractivity contribution < 1.29 is 9.53 Å². The molecule has 1 aliphatic heterocycles. The Kier molecular flexibility index (Phi) is 4.78. The second kappa shape index (κ2) is 7.07. The molecule has 1 saturated carbocycles. The molecule has 1 N–H and O–H groups in total. The first-order valence-electron chi connectivity index (χ1n) is 9.38. The summed E-state index contributed by atoms with van der Waals surface area (Å²) in [5, 5.41) is 2.98. The summed E-state index contributed by atoms with van der Waals surface area (Å²) in [7, 11) is 0. The fourth-order valence-electron chi connectivity index (χ4n) is 4.05. The van der Waals surface area contributed by atoms with Gasteiger partial charge in [-0.2, -0.15) is 0 Å². The molecule has 3 nitrogen and oxygen atoms in total. The van der Waals surface area contributed by atoms with Gasteiger partial charge in [0.05, 0.1) is 6.61 Å². The Morgan fingerprint density at radius 2 is 1.96 bits per heavy atom. The summed E-state index contributed by atoms with van der Waals surface area (Å²) in [6, 6.07) is 10.5. The summed E-state index contributed by atoms with van der Waals surface area (Å²) in [6.07, 6.45) is 4.94. The van der Waals surface area contributed by atoms with E-state index in [1.54, 1.807) is 6.92 Å². The Morgan fingerprint density at radius 3 is 2.69 bits per heavy atom. The SMILES string of the molecule is CC(=O)Nc1ccc(C)cc1-c1cc(Br)cc2c1OCCCC2C1CC1. The Bertz CT molecular complexity index is 857. The Hall–Kier alpha value is -1.81. The van der Waals surface area contributed by atoms with Crippen molar-refractivity contribution in [2.24, 2.45) is 5.92 Å². The largest absolute Gasteiger partial charge is 0.493 e. The fraction of sp³-hybridized carbons (Fsp3) is 0.409. The molecule has 4 heteroatoms. The van der Waals surface area contributed by atoms with Crippen LogP contribution in [-0.4, -0.2) is 12.5 Å². The highest BCUT2D eigenvalue weighted by atomic mass is 79.9. The molecule has 2 aromatic rings. The number of rotatable bonds is 3. The molecule has 1 atom stereocenters. The van der Waals surface area contributed by atoms with Crippen molar-refractivity contribution in [1.29, 1.82) is 0 Å². The summed E-state index contributed by atoms with van der Waals surface area (Å²) in [5.74, 6) is 2.32. The van der Waals surface area contributed by atoms with Crippen LogP contribution in [0.5, 0.6) is 5.75 Å². The predicted molar refractivity (Wildman–Crippen MR) is 109 cm³/mol. The topological polar surface area (TPSA) is 38.3 Å². The van der Waals surface area contributed by atoms with E-state index in [9.17, 15) is 4.79 Å². The van der Waals surface area contributed by atoms with E-state index in [1.165, 1.54) is 24.8 Å². The number of halogens is 1. The van der Waals surface area contributed by atoms with Gasteiger partial charge in [0, 0.05) is 28.2 Å². The highest BCUT2D eigenvalue weighted by Crippen LogP contribution is 2.52. The maximum absolute atomic E-state index is 11.7. The van der Waals surface area contributed by atoms with E-state index >= 15 is 0 Å². The number of nitrogens with one attached hydrogen (secondary N) is 1. The Labute approximate surface area is 163 Å². The van der Waals surface area contributed by atoms with Crippen LogP contribution in [0.15, 0.2) is 34.8 Å². The standard InChI is InChI=1S/C22H24BrNO2/c1-13-5-8-21(24-14(2)25)18(10-13)20-12-16(23)11-19-17(15-6-7-15)4-3-9-26-22(19)20/h5,8,10-12,15,17H,3-4,6-7,9H2,1-2H3,(H,24,25). The van der Waals surface area contributed by atoms with Crippen LogP contribution in [0.1, 0.15) is 49.7 Å². The van der Waals surface area contributed by atoms with Crippen molar-refractivity contribution in [3.63, 3.8) is 0 Å². The second-order valence-electron chi connectivity index (χ2n) is 7.54. The van der Waals surface area contributed by atoms with Gasteiger partial charge in [-0.1, -0.05) is 27.6 Å². The van der Waals surface area contributed by atoms with Crippen LogP contribution in [0, 0.1) is 12.8 Å². The third-order valence-corrected chi connectivity index (χ3v) is 5.81. The van der Waals surface area contributed by atoms with E-state index < -0.39 is 0 Å². The molecule has 0 spiro atoms. The van der Waals surface area contributed by atoms with E-state index in [2.05, 4.69) is 46.4 Å². The lowest BCUT2D eigenvalue weighted by molar-refractivity contribution is -0.114. The number of hydrogen-bond donors (Lipinski definition) is 1. The lowest BCUT2D eigenvalue weighted by Gasteiger charge is -2.21. The van der Waals surface area contributed by atoms with E-state index in [4.69, 9.17) is 4.74 Å². The molecule has 4 rings (SSSR count). The van der Waals surface area contributed by atoms with E-state index in [0.29, 0.717) is 5.92 Å². The van der Waals surface area contributed by atoms with Gasteiger partial charge >= 0.3 is 0 Å². The maximum Gasteiger partial charge on any atom is 0.221 e. The zero-order valence-corrected chi connectivity index (χ0v) is 16.9. The number of hydrogen-bond acceptors (Lipinski definition) is 2. The van der Waals surface area contributed by atoms with Crippen LogP contribution in [-0.2, 0) is 4.79 Å². The molecule has 2 aliphatic rings. The van der Waals surface area contributed by atoms with E-state index in [-0.39, 0.29) is 5.91 Å². The Balaban J connectivity index is 1.90. The second-order valence-corrected chi connectivity index (χ2v) is 8.45. The third kappa shape index (κ3) is 3.52. The van der Waals surface area contributed by atoms with Gasteiger partial charge in [-0.05, 0) is 74.3 Å². The summed E-state index contributed by atoms with van der Waals surface area (Å²) >= 11 is 3.71. The quantitative estimate of drug-likeness (QED) is 0.664. The van der Waals surface area contributed by atoms with Crippen molar-refractivity contribution >= 4 is 27.5 Å². The number of carbonyl (C=O) groups excluding carboxylic acids is 1. The molecule has 2 aromatic carbocycles. The summed E-state index contributed by atoms with van der Waals surface area (Å²) in [4.78, 5) is 11.7. The normalized spacial score (nSPS) is 19.3. The predicted octanol–water partition coefficient (Wildman–Crippen LogP) is 6.05. The molecule has 26 heavy (non-hydrogen) atoms. The summed E-state index contributed by atoms with van der Waals surface area (Å²) in [5.41, 5.74) is 5.41. The number of benzene rings is 2. The molecule has 1 fully saturated rings. The van der Waals surface area contributed by atoms with Gasteiger partial charge in [0.1, 0.15) is 5.75 Å². The maximum atomic E-state index is 11.7. The van der Waals surface area contributed by atoms with Gasteiger partial charge in [-0.25, -0.2) is 0 Å². The van der Waals surface area contributed by atoms with Gasteiger partial charge < -0.3 is 10.1 Å². The zero-order chi connectivity index (χ0) is 18.3. The first-order valence-corrected chi connectivity index (χ1v) is 10.2. The number of amides is 1. The van der Waals surface area contributed by atoms with Gasteiger partial charge in [-0.15, -0.1) is 0 Å². The molecule has 136 valence electrons. The average Bonchev–Trinajstić information content (AvgIpc) is 3.41. The van der Waals surface area contributed by atoms with Crippen LogP contribution in [0.4, 0.5) is 5.69 Å². The zero-order valence-electron chi connectivity index (χ0n) is 15.3. The van der Waals surface area contributed by atoms with Gasteiger partial charge in [0.25, 0.3) is 0 Å². The van der Waals surface area contributed by atoms with Crippen molar-refractivity contribution in [2.45, 2.75) is 45.4 Å². The highest BCUT2D eigenvalue weighted by molar-refractivity contribution is 9.10. The van der Waals surface area contributed by atoms with Gasteiger partial charge in [0.15, 0.2) is 0 Å². The molecule has 0 bridgehead atoms. The fourth-order valence-corrected chi connectivity index (χ4v) is 4.53. The van der Waals surface area contributed by atoms with Crippen LogP contribution in [0.3, 0.4) is 0 Å². The van der Waals surface area contributed by atoms with Crippen LogP contribution in [0.2, 0.25) is 0 Å². The lowest BCUT2D eigenvalue weighted by Crippen LogP contribution is -2.08. The molecule has 0 saturated heterocycles. The van der Waals surface area contributed by atoms with E-state index in [1.807, 2.05) is 12.1 Å². The van der Waals surface area contributed by atoms with Crippen LogP contribution >= 0.6 is 15.9 Å². The molecule has 0 aromatic heterocycles. The summed E-state index contributed by atoms with van der Waals surface area (Å²) < 4.78 is 7.33. The third-order valence-electron chi connectivity index (χ3n) is 5.35. The van der Waals surface area contributed by atoms with Crippen molar-refractivity contribution in [3.8, 4) is 16.9 Å².